The molecule has 0 aliphatic carbocycles. The second kappa shape index (κ2) is 7.88. The minimum absolute atomic E-state index is 0.356. The average Bonchev–Trinajstić information content (AvgIpc) is 2.55. The van der Waals surface area contributed by atoms with E-state index >= 15 is 0 Å². The standard InChI is InChI=1S/C18H20ClNO3/c1-12-5-4-6-15(18(21)22-3)17(12)20-9-10-23-14-7-8-16(19)13(2)11-14/h4-8,11,20H,9-10H2,1-3H3. The molecule has 2 aromatic carbocycles. The number of hydrogen-bond donors (Lipinski definition) is 1. The van der Waals surface area contributed by atoms with Gasteiger partial charge in [-0.2, -0.15) is 0 Å². The molecule has 4 nitrogen and oxygen atoms in total. The third-order valence-electron chi connectivity index (χ3n) is 3.48. The number of methoxy groups -OCH3 is 1. The second-order valence-corrected chi connectivity index (χ2v) is 5.58. The van der Waals surface area contributed by atoms with Crippen LogP contribution in [0.15, 0.2) is 36.4 Å². The molecular formula is C18H20ClNO3. The average molecular weight is 334 g/mol. The van der Waals surface area contributed by atoms with Crippen molar-refractivity contribution in [3.63, 3.8) is 0 Å². The van der Waals surface area contributed by atoms with Gasteiger partial charge in [0.2, 0.25) is 0 Å². The van der Waals surface area contributed by atoms with E-state index in [1.165, 1.54) is 7.11 Å². The highest BCUT2D eigenvalue weighted by Gasteiger charge is 2.13. The van der Waals surface area contributed by atoms with Gasteiger partial charge in [0.1, 0.15) is 12.4 Å². The fourth-order valence-corrected chi connectivity index (χ4v) is 2.35. The number of nitrogens with one attached hydrogen (secondary N) is 1. The number of halogens is 1. The van der Waals surface area contributed by atoms with Gasteiger partial charge in [0.25, 0.3) is 0 Å². The maximum absolute atomic E-state index is 11.8. The highest BCUT2D eigenvalue weighted by atomic mass is 35.5. The number of hydrogen-bond acceptors (Lipinski definition) is 4. The van der Waals surface area contributed by atoms with E-state index in [1.807, 2.05) is 44.2 Å². The van der Waals surface area contributed by atoms with Crippen molar-refractivity contribution in [2.45, 2.75) is 13.8 Å². The maximum atomic E-state index is 11.8. The van der Waals surface area contributed by atoms with Crippen LogP contribution in [0.2, 0.25) is 5.02 Å². The highest BCUT2D eigenvalue weighted by Crippen LogP contribution is 2.22. The third kappa shape index (κ3) is 4.39. The number of anilines is 1. The molecular weight excluding hydrogens is 314 g/mol. The van der Waals surface area contributed by atoms with Gasteiger partial charge in [-0.25, -0.2) is 4.79 Å². The van der Waals surface area contributed by atoms with Crippen LogP contribution in [-0.4, -0.2) is 26.2 Å². The number of para-hydroxylation sites is 1. The van der Waals surface area contributed by atoms with Gasteiger partial charge in [-0.15, -0.1) is 0 Å². The molecule has 0 aliphatic heterocycles. The van der Waals surface area contributed by atoms with E-state index in [2.05, 4.69) is 5.32 Å². The van der Waals surface area contributed by atoms with Crippen molar-refractivity contribution in [2.24, 2.45) is 0 Å². The molecule has 122 valence electrons. The molecule has 1 N–H and O–H groups in total. The summed E-state index contributed by atoms with van der Waals surface area (Å²) in [6, 6.07) is 11.1. The molecule has 0 atom stereocenters. The van der Waals surface area contributed by atoms with Crippen molar-refractivity contribution >= 4 is 23.3 Å². The molecule has 0 amide bonds. The molecule has 0 fully saturated rings. The van der Waals surface area contributed by atoms with Crippen molar-refractivity contribution in [2.75, 3.05) is 25.6 Å². The number of ether oxygens (including phenoxy) is 2. The largest absolute Gasteiger partial charge is 0.492 e. The Bertz CT molecular complexity index is 701. The highest BCUT2D eigenvalue weighted by molar-refractivity contribution is 6.31. The molecule has 0 bridgehead atoms. The minimum Gasteiger partial charge on any atom is -0.492 e. The molecule has 2 rings (SSSR count). The molecule has 2 aromatic rings. The summed E-state index contributed by atoms with van der Waals surface area (Å²) in [7, 11) is 1.38. The van der Waals surface area contributed by atoms with Crippen LogP contribution in [0, 0.1) is 13.8 Å². The van der Waals surface area contributed by atoms with Gasteiger partial charge in [-0.05, 0) is 49.2 Å². The lowest BCUT2D eigenvalue weighted by molar-refractivity contribution is 0.0601. The number of rotatable bonds is 6. The van der Waals surface area contributed by atoms with E-state index in [0.29, 0.717) is 18.7 Å². The van der Waals surface area contributed by atoms with Gasteiger partial charge < -0.3 is 14.8 Å². The summed E-state index contributed by atoms with van der Waals surface area (Å²) < 4.78 is 10.5. The van der Waals surface area contributed by atoms with E-state index in [1.54, 1.807) is 6.07 Å². The summed E-state index contributed by atoms with van der Waals surface area (Å²) >= 11 is 5.99. The summed E-state index contributed by atoms with van der Waals surface area (Å²) in [6.07, 6.45) is 0. The molecule has 0 saturated heterocycles. The quantitative estimate of drug-likeness (QED) is 0.634. The Balaban J connectivity index is 1.96. The van der Waals surface area contributed by atoms with Crippen LogP contribution in [0.4, 0.5) is 5.69 Å². The first kappa shape index (κ1) is 17.2. The minimum atomic E-state index is -0.356. The molecule has 0 spiro atoms. The van der Waals surface area contributed by atoms with Crippen molar-refractivity contribution < 1.29 is 14.3 Å². The van der Waals surface area contributed by atoms with E-state index in [0.717, 1.165) is 27.6 Å². The Kier molecular flexibility index (Phi) is 5.88. The van der Waals surface area contributed by atoms with Crippen LogP contribution < -0.4 is 10.1 Å². The zero-order chi connectivity index (χ0) is 16.8. The smallest absolute Gasteiger partial charge is 0.339 e. The maximum Gasteiger partial charge on any atom is 0.339 e. The van der Waals surface area contributed by atoms with E-state index in [4.69, 9.17) is 21.1 Å². The number of benzene rings is 2. The zero-order valence-corrected chi connectivity index (χ0v) is 14.2. The fourth-order valence-electron chi connectivity index (χ4n) is 2.23. The molecule has 0 saturated carbocycles. The van der Waals surface area contributed by atoms with Gasteiger partial charge in [0.05, 0.1) is 18.4 Å². The van der Waals surface area contributed by atoms with Crippen LogP contribution in [-0.2, 0) is 4.74 Å². The lowest BCUT2D eigenvalue weighted by atomic mass is 10.1. The molecule has 23 heavy (non-hydrogen) atoms. The lowest BCUT2D eigenvalue weighted by Crippen LogP contribution is -2.15. The van der Waals surface area contributed by atoms with E-state index in [-0.39, 0.29) is 5.97 Å². The van der Waals surface area contributed by atoms with Crippen LogP contribution in [0.5, 0.6) is 5.75 Å². The van der Waals surface area contributed by atoms with Gasteiger partial charge in [0.15, 0.2) is 0 Å². The lowest BCUT2D eigenvalue weighted by Gasteiger charge is -2.14. The first-order valence-corrected chi connectivity index (χ1v) is 7.71. The number of carbonyl (C=O) groups excluding carboxylic acids is 1. The molecule has 0 aliphatic rings. The van der Waals surface area contributed by atoms with Crippen LogP contribution in [0.1, 0.15) is 21.5 Å². The Morgan fingerprint density at radius 3 is 2.65 bits per heavy atom. The summed E-state index contributed by atoms with van der Waals surface area (Å²) in [6.45, 7) is 4.91. The Morgan fingerprint density at radius 1 is 1.17 bits per heavy atom. The van der Waals surface area contributed by atoms with Gasteiger partial charge in [-0.3, -0.25) is 0 Å². The van der Waals surface area contributed by atoms with E-state index < -0.39 is 0 Å². The summed E-state index contributed by atoms with van der Waals surface area (Å²) in [4.78, 5) is 11.8. The van der Waals surface area contributed by atoms with Crippen LogP contribution in [0.3, 0.4) is 0 Å². The van der Waals surface area contributed by atoms with Gasteiger partial charge in [0, 0.05) is 11.6 Å². The number of aryl methyl sites for hydroxylation is 2. The molecule has 0 unspecified atom stereocenters. The summed E-state index contributed by atoms with van der Waals surface area (Å²) in [5.74, 6) is 0.414. The van der Waals surface area contributed by atoms with Gasteiger partial charge >= 0.3 is 5.97 Å². The fraction of sp³-hybridized carbons (Fsp3) is 0.278. The van der Waals surface area contributed by atoms with Crippen LogP contribution in [0.25, 0.3) is 0 Å². The number of carbonyl (C=O) groups is 1. The van der Waals surface area contributed by atoms with Crippen molar-refractivity contribution in [3.8, 4) is 5.75 Å². The van der Waals surface area contributed by atoms with Crippen LogP contribution >= 0.6 is 11.6 Å². The first-order chi connectivity index (χ1) is 11.0. The Hall–Kier alpha value is -2.20. The molecule has 0 aromatic heterocycles. The summed E-state index contributed by atoms with van der Waals surface area (Å²) in [5, 5.41) is 3.96. The second-order valence-electron chi connectivity index (χ2n) is 5.18. The van der Waals surface area contributed by atoms with Gasteiger partial charge in [-0.1, -0.05) is 23.7 Å². The summed E-state index contributed by atoms with van der Waals surface area (Å²) in [5.41, 5.74) is 3.25. The molecule has 0 radical (unpaired) electrons. The molecule has 5 heteroatoms. The van der Waals surface area contributed by atoms with E-state index in [9.17, 15) is 4.79 Å². The normalized spacial score (nSPS) is 10.3. The first-order valence-electron chi connectivity index (χ1n) is 7.33. The number of esters is 1. The Labute approximate surface area is 141 Å². The Morgan fingerprint density at radius 2 is 1.96 bits per heavy atom. The predicted molar refractivity (Wildman–Crippen MR) is 92.7 cm³/mol. The third-order valence-corrected chi connectivity index (χ3v) is 3.90. The predicted octanol–water partition coefficient (Wildman–Crippen LogP) is 4.23. The SMILES string of the molecule is COC(=O)c1cccc(C)c1NCCOc1ccc(Cl)c(C)c1. The van der Waals surface area contributed by atoms with Crippen molar-refractivity contribution in [3.05, 3.63) is 58.1 Å². The zero-order valence-electron chi connectivity index (χ0n) is 13.5. The van der Waals surface area contributed by atoms with Crippen molar-refractivity contribution in [1.29, 1.82) is 0 Å². The topological polar surface area (TPSA) is 47.6 Å². The molecule has 0 heterocycles. The van der Waals surface area contributed by atoms with Crippen molar-refractivity contribution in [1.82, 2.24) is 0 Å². The monoisotopic (exact) mass is 333 g/mol.